The molecule has 6 nitrogen and oxygen atoms in total. The lowest BCUT2D eigenvalue weighted by Gasteiger charge is -2.10. The Balaban J connectivity index is 2.03. The van der Waals surface area contributed by atoms with Crippen molar-refractivity contribution in [1.29, 1.82) is 0 Å². The van der Waals surface area contributed by atoms with E-state index in [1.807, 2.05) is 0 Å². The molecule has 1 amide bonds. The lowest BCUT2D eigenvalue weighted by molar-refractivity contribution is 0.0977. The molecule has 0 atom stereocenters. The number of hydrogen-bond acceptors (Lipinski definition) is 4. The second kappa shape index (κ2) is 5.88. The average molecular weight is 311 g/mol. The van der Waals surface area contributed by atoms with Crippen molar-refractivity contribution in [2.45, 2.75) is 6.92 Å². The number of amides is 1. The lowest BCUT2D eigenvalue weighted by atomic mass is 10.2. The third-order valence-corrected chi connectivity index (χ3v) is 2.85. The molecule has 1 aromatic heterocycles. The lowest BCUT2D eigenvalue weighted by Crippen LogP contribution is -2.38. The summed E-state index contributed by atoms with van der Waals surface area (Å²) in [6.45, 7) is 1.71. The Morgan fingerprint density at radius 2 is 2.05 bits per heavy atom. The molecular weight excluding hydrogens is 301 g/mol. The fraction of sp³-hybridized carbons (Fsp3) is 0.0909. The van der Waals surface area contributed by atoms with E-state index >= 15 is 0 Å². The zero-order valence-electron chi connectivity index (χ0n) is 10.3. The molecule has 0 saturated carbocycles. The van der Waals surface area contributed by atoms with Gasteiger partial charge in [0.1, 0.15) is 11.6 Å². The topological polar surface area (TPSA) is 74.7 Å². The van der Waals surface area contributed by atoms with Crippen LogP contribution in [0.1, 0.15) is 16.2 Å². The number of nitrogens with one attached hydrogen (secondary N) is 3. The second-order valence-corrected chi connectivity index (χ2v) is 4.61. The van der Waals surface area contributed by atoms with E-state index < -0.39 is 11.7 Å². The van der Waals surface area contributed by atoms with E-state index in [1.165, 1.54) is 28.9 Å². The molecular formula is C11H10FN5OS2. The molecule has 9 heteroatoms. The largest absolute Gasteiger partial charge is 0.298 e. The van der Waals surface area contributed by atoms with Gasteiger partial charge < -0.3 is 0 Å². The Bertz CT molecular complexity index is 706. The van der Waals surface area contributed by atoms with Crippen LogP contribution in [0.15, 0.2) is 24.3 Å². The molecule has 20 heavy (non-hydrogen) atoms. The fourth-order valence-corrected chi connectivity index (χ4v) is 1.82. The number of benzene rings is 1. The van der Waals surface area contributed by atoms with Crippen LogP contribution < -0.4 is 10.7 Å². The fourth-order valence-electron chi connectivity index (χ4n) is 1.41. The normalized spacial score (nSPS) is 10.1. The summed E-state index contributed by atoms with van der Waals surface area (Å²) in [4.78, 5) is 11.8. The van der Waals surface area contributed by atoms with Gasteiger partial charge in [-0.1, -0.05) is 0 Å². The van der Waals surface area contributed by atoms with Crippen LogP contribution in [-0.2, 0) is 0 Å². The summed E-state index contributed by atoms with van der Waals surface area (Å²) < 4.78 is 14.5. The first-order valence-electron chi connectivity index (χ1n) is 5.49. The van der Waals surface area contributed by atoms with E-state index in [9.17, 15) is 9.18 Å². The highest BCUT2D eigenvalue weighted by molar-refractivity contribution is 7.80. The number of rotatable bonds is 2. The summed E-state index contributed by atoms with van der Waals surface area (Å²) in [7, 11) is 0. The molecule has 0 aliphatic carbocycles. The molecule has 2 aromatic rings. The SMILES string of the molecule is Cc1n[nH]c(=S)n1NC(=S)NC(=O)c1ccc(F)cc1. The first-order valence-corrected chi connectivity index (χ1v) is 6.31. The van der Waals surface area contributed by atoms with Crippen molar-refractivity contribution >= 4 is 35.5 Å². The number of aryl methyl sites for hydroxylation is 1. The smallest absolute Gasteiger partial charge is 0.257 e. The molecule has 1 heterocycles. The summed E-state index contributed by atoms with van der Waals surface area (Å²) in [6, 6.07) is 5.12. The second-order valence-electron chi connectivity index (χ2n) is 3.81. The number of thiocarbonyl (C=S) groups is 1. The Morgan fingerprint density at radius 1 is 1.40 bits per heavy atom. The van der Waals surface area contributed by atoms with Gasteiger partial charge in [0.25, 0.3) is 5.91 Å². The molecule has 0 aliphatic heterocycles. The van der Waals surface area contributed by atoms with Crippen molar-refractivity contribution in [3.8, 4) is 0 Å². The van der Waals surface area contributed by atoms with E-state index in [0.717, 1.165) is 0 Å². The Kier molecular flexibility index (Phi) is 4.20. The number of halogens is 1. The maximum atomic E-state index is 12.8. The highest BCUT2D eigenvalue weighted by Crippen LogP contribution is 2.02. The average Bonchev–Trinajstić information content (AvgIpc) is 2.71. The predicted octanol–water partition coefficient (Wildman–Crippen LogP) is 1.65. The zero-order valence-corrected chi connectivity index (χ0v) is 11.9. The van der Waals surface area contributed by atoms with Crippen LogP contribution >= 0.6 is 24.4 Å². The van der Waals surface area contributed by atoms with Crippen molar-refractivity contribution in [3.05, 3.63) is 46.2 Å². The van der Waals surface area contributed by atoms with Gasteiger partial charge in [0, 0.05) is 5.56 Å². The highest BCUT2D eigenvalue weighted by atomic mass is 32.1. The van der Waals surface area contributed by atoms with E-state index in [1.54, 1.807) is 6.92 Å². The molecule has 0 fully saturated rings. The minimum absolute atomic E-state index is 0.0555. The molecule has 0 radical (unpaired) electrons. The van der Waals surface area contributed by atoms with Crippen LogP contribution in [0.5, 0.6) is 0 Å². The van der Waals surface area contributed by atoms with Gasteiger partial charge in [0.2, 0.25) is 4.77 Å². The van der Waals surface area contributed by atoms with Crippen molar-refractivity contribution in [1.82, 2.24) is 20.2 Å². The summed E-state index contributed by atoms with van der Waals surface area (Å²) in [5, 5.41) is 8.97. The zero-order chi connectivity index (χ0) is 14.7. The third-order valence-electron chi connectivity index (χ3n) is 2.39. The minimum atomic E-state index is -0.449. The number of aromatic nitrogens is 3. The predicted molar refractivity (Wildman–Crippen MR) is 78.0 cm³/mol. The summed E-state index contributed by atoms with van der Waals surface area (Å²) in [5.74, 6) is -0.300. The van der Waals surface area contributed by atoms with Crippen molar-refractivity contribution < 1.29 is 9.18 Å². The van der Waals surface area contributed by atoms with E-state index in [-0.39, 0.29) is 5.11 Å². The Morgan fingerprint density at radius 3 is 2.60 bits per heavy atom. The standard InChI is InChI=1S/C11H10FN5OS2/c1-6-14-15-11(20)17(6)16-10(19)13-9(18)7-2-4-8(12)5-3-7/h2-5H,1H3,(H,15,20)(H2,13,16,18,19). The summed E-state index contributed by atoms with van der Waals surface area (Å²) in [5.41, 5.74) is 3.01. The molecule has 2 rings (SSSR count). The van der Waals surface area contributed by atoms with Crippen LogP contribution in [0.2, 0.25) is 0 Å². The van der Waals surface area contributed by atoms with Crippen molar-refractivity contribution in [2.75, 3.05) is 5.43 Å². The molecule has 3 N–H and O–H groups in total. The van der Waals surface area contributed by atoms with Gasteiger partial charge in [-0.3, -0.25) is 20.6 Å². The Labute approximate surface area is 124 Å². The Hall–Kier alpha value is -2.13. The van der Waals surface area contributed by atoms with Crippen LogP contribution in [0.3, 0.4) is 0 Å². The van der Waals surface area contributed by atoms with Gasteiger partial charge in [-0.05, 0) is 55.6 Å². The van der Waals surface area contributed by atoms with Crippen LogP contribution in [-0.4, -0.2) is 25.9 Å². The number of carbonyl (C=O) groups excluding carboxylic acids is 1. The summed E-state index contributed by atoms with van der Waals surface area (Å²) in [6.07, 6.45) is 0. The molecule has 0 spiro atoms. The number of aromatic amines is 1. The van der Waals surface area contributed by atoms with Gasteiger partial charge in [-0.25, -0.2) is 9.07 Å². The molecule has 104 valence electrons. The van der Waals surface area contributed by atoms with Crippen molar-refractivity contribution in [2.24, 2.45) is 0 Å². The number of carbonyl (C=O) groups is 1. The van der Waals surface area contributed by atoms with Crippen LogP contribution in [0.4, 0.5) is 4.39 Å². The van der Waals surface area contributed by atoms with Crippen LogP contribution in [0.25, 0.3) is 0 Å². The maximum absolute atomic E-state index is 12.8. The summed E-state index contributed by atoms with van der Waals surface area (Å²) >= 11 is 9.98. The quantitative estimate of drug-likeness (QED) is 0.735. The molecule has 0 unspecified atom stereocenters. The van der Waals surface area contributed by atoms with E-state index in [0.29, 0.717) is 16.2 Å². The van der Waals surface area contributed by atoms with E-state index in [4.69, 9.17) is 24.4 Å². The first kappa shape index (κ1) is 14.3. The number of nitrogens with zero attached hydrogens (tertiary/aromatic N) is 2. The van der Waals surface area contributed by atoms with Gasteiger partial charge in [0.15, 0.2) is 5.11 Å². The molecule has 0 aliphatic rings. The minimum Gasteiger partial charge on any atom is -0.298 e. The highest BCUT2D eigenvalue weighted by Gasteiger charge is 2.09. The van der Waals surface area contributed by atoms with Gasteiger partial charge in [-0.15, -0.1) is 0 Å². The number of hydrogen-bond donors (Lipinski definition) is 3. The molecule has 0 bridgehead atoms. The van der Waals surface area contributed by atoms with Crippen LogP contribution in [0, 0.1) is 17.5 Å². The number of H-pyrrole nitrogens is 1. The van der Waals surface area contributed by atoms with E-state index in [2.05, 4.69) is 20.9 Å². The van der Waals surface area contributed by atoms with Crippen molar-refractivity contribution in [3.63, 3.8) is 0 Å². The van der Waals surface area contributed by atoms with Gasteiger partial charge >= 0.3 is 0 Å². The maximum Gasteiger partial charge on any atom is 0.257 e. The third kappa shape index (κ3) is 3.25. The molecule has 0 saturated heterocycles. The monoisotopic (exact) mass is 311 g/mol. The van der Waals surface area contributed by atoms with Gasteiger partial charge in [-0.2, -0.15) is 5.10 Å². The van der Waals surface area contributed by atoms with Gasteiger partial charge in [0.05, 0.1) is 0 Å². The first-order chi connectivity index (χ1) is 9.47. The molecule has 1 aromatic carbocycles.